The van der Waals surface area contributed by atoms with Crippen LogP contribution in [0.15, 0.2) is 71.1 Å². The number of anilines is 1. The number of fused-ring (bicyclic) bond motifs is 1. The number of halogens is 1. The topological polar surface area (TPSA) is 55.1 Å². The maximum Gasteiger partial charge on any atom is 0.228 e. The minimum atomic E-state index is -0.0620. The molecule has 0 aliphatic heterocycles. The molecule has 0 spiro atoms. The Morgan fingerprint density at radius 1 is 1.00 bits per heavy atom. The van der Waals surface area contributed by atoms with Crippen LogP contribution in [0.2, 0.25) is 5.02 Å². The number of nitrogens with zero attached hydrogens (tertiary/aromatic N) is 1. The fourth-order valence-corrected chi connectivity index (χ4v) is 3.13. The van der Waals surface area contributed by atoms with Crippen molar-refractivity contribution in [3.63, 3.8) is 0 Å². The summed E-state index contributed by atoms with van der Waals surface area (Å²) in [5, 5.41) is 3.63. The van der Waals surface area contributed by atoms with E-state index in [1.54, 1.807) is 0 Å². The Balaban J connectivity index is 1.45. The molecule has 0 saturated carbocycles. The summed E-state index contributed by atoms with van der Waals surface area (Å²) in [7, 11) is 0. The maximum atomic E-state index is 12.3. The predicted octanol–water partition coefficient (Wildman–Crippen LogP) is 5.56. The summed E-state index contributed by atoms with van der Waals surface area (Å²) < 4.78 is 5.81. The van der Waals surface area contributed by atoms with Gasteiger partial charge in [0.25, 0.3) is 0 Å². The Morgan fingerprint density at radius 3 is 2.46 bits per heavy atom. The second-order valence-electron chi connectivity index (χ2n) is 6.80. The van der Waals surface area contributed by atoms with Crippen LogP contribution >= 0.6 is 11.6 Å². The molecule has 4 rings (SSSR count). The second kappa shape index (κ2) is 7.87. The lowest BCUT2D eigenvalue weighted by molar-refractivity contribution is -0.115. The van der Waals surface area contributed by atoms with Gasteiger partial charge in [0, 0.05) is 17.1 Å². The first-order valence-corrected chi connectivity index (χ1v) is 9.42. The zero-order valence-corrected chi connectivity index (χ0v) is 16.2. The third kappa shape index (κ3) is 4.41. The Morgan fingerprint density at radius 2 is 1.71 bits per heavy atom. The lowest BCUT2D eigenvalue weighted by Crippen LogP contribution is -2.14. The van der Waals surface area contributed by atoms with Crippen LogP contribution in [0.5, 0.6) is 0 Å². The lowest BCUT2D eigenvalue weighted by Gasteiger charge is -2.05. The highest BCUT2D eigenvalue weighted by Crippen LogP contribution is 2.22. The summed E-state index contributed by atoms with van der Waals surface area (Å²) in [5.41, 5.74) is 5.35. The zero-order valence-electron chi connectivity index (χ0n) is 15.4. The van der Waals surface area contributed by atoms with Crippen LogP contribution in [0.4, 0.5) is 5.69 Å². The monoisotopic (exact) mass is 390 g/mol. The molecular formula is C23H19ClN2O2. The molecule has 0 aliphatic carbocycles. The van der Waals surface area contributed by atoms with E-state index in [0.29, 0.717) is 35.0 Å². The lowest BCUT2D eigenvalue weighted by atomic mass is 10.1. The molecule has 0 bridgehead atoms. The van der Waals surface area contributed by atoms with E-state index in [9.17, 15) is 4.79 Å². The molecule has 3 aromatic carbocycles. The molecule has 4 aromatic rings. The van der Waals surface area contributed by atoms with Crippen molar-refractivity contribution in [2.45, 2.75) is 19.8 Å². The van der Waals surface area contributed by atoms with Crippen LogP contribution < -0.4 is 5.32 Å². The van der Waals surface area contributed by atoms with Crippen LogP contribution in [0.25, 0.3) is 11.1 Å². The van der Waals surface area contributed by atoms with Crippen molar-refractivity contribution in [1.82, 2.24) is 4.98 Å². The maximum absolute atomic E-state index is 12.3. The van der Waals surface area contributed by atoms with Crippen molar-refractivity contribution in [3.8, 4) is 0 Å². The van der Waals surface area contributed by atoms with Crippen molar-refractivity contribution in [2.24, 2.45) is 0 Å². The van der Waals surface area contributed by atoms with Crippen molar-refractivity contribution < 1.29 is 9.21 Å². The highest BCUT2D eigenvalue weighted by Gasteiger charge is 2.10. The van der Waals surface area contributed by atoms with Gasteiger partial charge in [0.2, 0.25) is 5.91 Å². The van der Waals surface area contributed by atoms with Gasteiger partial charge in [0.1, 0.15) is 5.52 Å². The summed E-state index contributed by atoms with van der Waals surface area (Å²) in [6, 6.07) is 21.0. The molecule has 1 N–H and O–H groups in total. The summed E-state index contributed by atoms with van der Waals surface area (Å²) in [6.07, 6.45) is 0.917. The van der Waals surface area contributed by atoms with E-state index in [1.165, 1.54) is 5.56 Å². The molecule has 1 aromatic heterocycles. The number of benzene rings is 3. The first-order chi connectivity index (χ1) is 13.5. The van der Waals surface area contributed by atoms with E-state index in [4.69, 9.17) is 16.0 Å². The van der Waals surface area contributed by atoms with E-state index in [1.807, 2.05) is 73.7 Å². The predicted molar refractivity (Wildman–Crippen MR) is 112 cm³/mol. The highest BCUT2D eigenvalue weighted by molar-refractivity contribution is 6.30. The first-order valence-electron chi connectivity index (χ1n) is 9.04. The number of hydrogen-bond acceptors (Lipinski definition) is 3. The number of hydrogen-bond donors (Lipinski definition) is 1. The standard InChI is InChI=1S/C23H19ClN2O2/c1-15-2-4-16(5-3-15)12-22(27)25-19-10-11-21-20(14-19)26-23(28-21)13-17-6-8-18(24)9-7-17/h2-11,14H,12-13H2,1H3,(H,25,27). The van der Waals surface area contributed by atoms with Crippen molar-refractivity contribution in [3.05, 3.63) is 94.3 Å². The van der Waals surface area contributed by atoms with Crippen molar-refractivity contribution in [2.75, 3.05) is 5.32 Å². The van der Waals surface area contributed by atoms with E-state index >= 15 is 0 Å². The van der Waals surface area contributed by atoms with Gasteiger partial charge in [-0.2, -0.15) is 0 Å². The van der Waals surface area contributed by atoms with Crippen LogP contribution in [0.3, 0.4) is 0 Å². The minimum Gasteiger partial charge on any atom is -0.440 e. The largest absolute Gasteiger partial charge is 0.440 e. The average molecular weight is 391 g/mol. The summed E-state index contributed by atoms with van der Waals surface area (Å²) in [6.45, 7) is 2.03. The average Bonchev–Trinajstić information content (AvgIpc) is 3.07. The van der Waals surface area contributed by atoms with Gasteiger partial charge < -0.3 is 9.73 Å². The summed E-state index contributed by atoms with van der Waals surface area (Å²) in [4.78, 5) is 16.9. The van der Waals surface area contributed by atoms with Gasteiger partial charge in [-0.15, -0.1) is 0 Å². The Hall–Kier alpha value is -3.11. The van der Waals surface area contributed by atoms with Crippen LogP contribution in [0, 0.1) is 6.92 Å². The number of nitrogens with one attached hydrogen (secondary N) is 1. The normalized spacial score (nSPS) is 10.9. The van der Waals surface area contributed by atoms with Crippen molar-refractivity contribution in [1.29, 1.82) is 0 Å². The molecule has 1 heterocycles. The summed E-state index contributed by atoms with van der Waals surface area (Å²) >= 11 is 5.92. The van der Waals surface area contributed by atoms with Gasteiger partial charge in [0.15, 0.2) is 11.5 Å². The Bertz CT molecular complexity index is 1120. The molecule has 0 fully saturated rings. The zero-order chi connectivity index (χ0) is 19.5. The number of carbonyl (C=O) groups is 1. The fourth-order valence-electron chi connectivity index (χ4n) is 3.00. The number of rotatable bonds is 5. The van der Waals surface area contributed by atoms with Crippen LogP contribution in [-0.2, 0) is 17.6 Å². The Labute approximate surface area is 168 Å². The number of aromatic nitrogens is 1. The fraction of sp³-hybridized carbons (Fsp3) is 0.130. The molecule has 1 amide bonds. The minimum absolute atomic E-state index is 0.0620. The van der Waals surface area contributed by atoms with Crippen molar-refractivity contribution >= 4 is 34.3 Å². The molecule has 5 heteroatoms. The Kier molecular flexibility index (Phi) is 5.13. The molecule has 0 unspecified atom stereocenters. The van der Waals surface area contributed by atoms with E-state index in [0.717, 1.165) is 16.6 Å². The SMILES string of the molecule is Cc1ccc(CC(=O)Nc2ccc3oc(Cc4ccc(Cl)cc4)nc3c2)cc1. The van der Waals surface area contributed by atoms with Gasteiger partial charge in [-0.25, -0.2) is 4.98 Å². The molecule has 140 valence electrons. The number of amides is 1. The van der Waals surface area contributed by atoms with Gasteiger partial charge >= 0.3 is 0 Å². The first kappa shape index (κ1) is 18.3. The smallest absolute Gasteiger partial charge is 0.228 e. The molecule has 28 heavy (non-hydrogen) atoms. The van der Waals surface area contributed by atoms with Gasteiger partial charge in [-0.3, -0.25) is 4.79 Å². The third-order valence-electron chi connectivity index (χ3n) is 4.47. The summed E-state index contributed by atoms with van der Waals surface area (Å²) in [5.74, 6) is 0.563. The van der Waals surface area contributed by atoms with E-state index in [-0.39, 0.29) is 5.91 Å². The molecule has 0 radical (unpaired) electrons. The van der Waals surface area contributed by atoms with Gasteiger partial charge in [0.05, 0.1) is 6.42 Å². The number of aryl methyl sites for hydroxylation is 1. The highest BCUT2D eigenvalue weighted by atomic mass is 35.5. The molecule has 0 saturated heterocycles. The number of oxazole rings is 1. The quantitative estimate of drug-likeness (QED) is 0.485. The third-order valence-corrected chi connectivity index (χ3v) is 4.72. The van der Waals surface area contributed by atoms with E-state index in [2.05, 4.69) is 10.3 Å². The number of carbonyl (C=O) groups excluding carboxylic acids is 1. The van der Waals surface area contributed by atoms with Gasteiger partial charge in [-0.1, -0.05) is 53.6 Å². The van der Waals surface area contributed by atoms with Crippen LogP contribution in [0.1, 0.15) is 22.6 Å². The van der Waals surface area contributed by atoms with E-state index < -0.39 is 0 Å². The van der Waals surface area contributed by atoms with Crippen LogP contribution in [-0.4, -0.2) is 10.9 Å². The molecule has 0 atom stereocenters. The molecule has 4 nitrogen and oxygen atoms in total. The van der Waals surface area contributed by atoms with Gasteiger partial charge in [-0.05, 0) is 48.4 Å². The second-order valence-corrected chi connectivity index (χ2v) is 7.24. The molecular weight excluding hydrogens is 372 g/mol. The molecule has 0 aliphatic rings.